The second kappa shape index (κ2) is 8.82. The number of carbonyl (C=O) groups excluding carboxylic acids is 1. The summed E-state index contributed by atoms with van der Waals surface area (Å²) < 4.78 is 10.9. The number of hydrogen-bond acceptors (Lipinski definition) is 6. The number of ether oxygens (including phenoxy) is 2. The van der Waals surface area contributed by atoms with Crippen molar-refractivity contribution in [3.8, 4) is 17.0 Å². The summed E-state index contributed by atoms with van der Waals surface area (Å²) in [5.74, 6) is 0.767. The number of rotatable bonds is 8. The van der Waals surface area contributed by atoms with Crippen LogP contribution in [-0.2, 0) is 16.0 Å². The molecule has 0 fully saturated rings. The number of fused-ring (bicyclic) bond motifs is 1. The maximum absolute atomic E-state index is 12.7. The minimum atomic E-state index is -0.456. The Bertz CT molecular complexity index is 791. The second-order valence-corrected chi connectivity index (χ2v) is 7.90. The molecule has 0 aliphatic carbocycles. The van der Waals surface area contributed by atoms with Crippen LogP contribution in [0.5, 0.6) is 5.75 Å². The molecule has 1 amide bonds. The third kappa shape index (κ3) is 4.66. The molecule has 27 heavy (non-hydrogen) atoms. The second-order valence-electron chi connectivity index (χ2n) is 6.96. The number of methoxy groups -OCH3 is 1. The van der Waals surface area contributed by atoms with Crippen LogP contribution in [0.25, 0.3) is 11.3 Å². The van der Waals surface area contributed by atoms with Gasteiger partial charge < -0.3 is 19.3 Å². The van der Waals surface area contributed by atoms with E-state index in [0.717, 1.165) is 47.1 Å². The zero-order chi connectivity index (χ0) is 19.4. The molecule has 0 saturated carbocycles. The maximum Gasteiger partial charge on any atom is 0.267 e. The summed E-state index contributed by atoms with van der Waals surface area (Å²) >= 11 is 1.63. The van der Waals surface area contributed by atoms with E-state index in [0.29, 0.717) is 13.2 Å². The molecule has 1 aromatic carbocycles. The van der Waals surface area contributed by atoms with Gasteiger partial charge in [-0.15, -0.1) is 11.3 Å². The molecule has 1 aliphatic heterocycles. The normalized spacial score (nSPS) is 16.6. The lowest BCUT2D eigenvalue weighted by molar-refractivity contribution is -0.125. The molecule has 1 unspecified atom stereocenters. The molecule has 0 spiro atoms. The molecule has 1 aromatic heterocycles. The highest BCUT2D eigenvalue weighted by Gasteiger charge is 2.31. The van der Waals surface area contributed by atoms with Crippen molar-refractivity contribution < 1.29 is 14.3 Å². The average molecular weight is 390 g/mol. The first-order chi connectivity index (χ1) is 13.0. The van der Waals surface area contributed by atoms with Gasteiger partial charge in [-0.05, 0) is 52.2 Å². The minimum absolute atomic E-state index is 0.0115. The Hall–Kier alpha value is -1.96. The summed E-state index contributed by atoms with van der Waals surface area (Å²) in [5, 5.41) is 3.10. The van der Waals surface area contributed by atoms with Crippen LogP contribution in [0.1, 0.15) is 18.4 Å². The van der Waals surface area contributed by atoms with E-state index in [2.05, 4.69) is 10.3 Å². The van der Waals surface area contributed by atoms with Crippen molar-refractivity contribution in [1.29, 1.82) is 0 Å². The van der Waals surface area contributed by atoms with Gasteiger partial charge in [0, 0.05) is 31.0 Å². The Balaban J connectivity index is 1.85. The molecule has 6 nitrogen and oxygen atoms in total. The number of aromatic nitrogens is 1. The zero-order valence-electron chi connectivity index (χ0n) is 16.4. The summed E-state index contributed by atoms with van der Waals surface area (Å²) in [6.45, 7) is 4.08. The zero-order valence-corrected chi connectivity index (χ0v) is 17.2. The summed E-state index contributed by atoms with van der Waals surface area (Å²) in [6.07, 6.45) is 1.26. The third-order valence-corrected chi connectivity index (χ3v) is 5.43. The van der Waals surface area contributed by atoms with Crippen LogP contribution in [-0.4, -0.2) is 62.8 Å². The third-order valence-electron chi connectivity index (χ3n) is 4.52. The number of benzene rings is 1. The lowest BCUT2D eigenvalue weighted by Gasteiger charge is -2.33. The largest absolute Gasteiger partial charge is 0.479 e. The van der Waals surface area contributed by atoms with E-state index in [9.17, 15) is 4.79 Å². The number of amides is 1. The topological polar surface area (TPSA) is 54.9 Å². The fourth-order valence-corrected chi connectivity index (χ4v) is 3.88. The monoisotopic (exact) mass is 389 g/mol. The number of nitrogens with zero attached hydrogens (tertiary/aromatic N) is 3. The summed E-state index contributed by atoms with van der Waals surface area (Å²) in [7, 11) is 5.78. The predicted octanol–water partition coefficient (Wildman–Crippen LogP) is 3.06. The first-order valence-corrected chi connectivity index (χ1v) is 10.1. The van der Waals surface area contributed by atoms with E-state index in [4.69, 9.17) is 14.5 Å². The van der Waals surface area contributed by atoms with Crippen molar-refractivity contribution in [2.45, 2.75) is 25.9 Å². The molecule has 0 saturated heterocycles. The van der Waals surface area contributed by atoms with E-state index in [1.165, 1.54) is 0 Å². The van der Waals surface area contributed by atoms with Crippen molar-refractivity contribution in [2.75, 3.05) is 45.8 Å². The van der Waals surface area contributed by atoms with Gasteiger partial charge >= 0.3 is 0 Å². The number of anilines is 1. The molecule has 1 aliphatic rings. The summed E-state index contributed by atoms with van der Waals surface area (Å²) in [5.41, 5.74) is 2.76. The highest BCUT2D eigenvalue weighted by Crippen LogP contribution is 2.37. The molecular weight excluding hydrogens is 362 g/mol. The van der Waals surface area contributed by atoms with Gasteiger partial charge in [0.25, 0.3) is 5.91 Å². The van der Waals surface area contributed by atoms with Gasteiger partial charge in [-0.1, -0.05) is 0 Å². The highest BCUT2D eigenvalue weighted by atomic mass is 32.1. The minimum Gasteiger partial charge on any atom is -0.479 e. The average Bonchev–Trinajstić information content (AvgIpc) is 3.11. The maximum atomic E-state index is 12.7. The molecule has 0 bridgehead atoms. The van der Waals surface area contributed by atoms with E-state index in [1.807, 2.05) is 37.2 Å². The number of carbonyl (C=O) groups is 1. The lowest BCUT2D eigenvalue weighted by Crippen LogP contribution is -2.45. The Morgan fingerprint density at radius 2 is 2.19 bits per heavy atom. The molecule has 1 atom stereocenters. The number of hydrogen-bond donors (Lipinski definition) is 0. The lowest BCUT2D eigenvalue weighted by atomic mass is 10.1. The quantitative estimate of drug-likeness (QED) is 0.695. The fourth-order valence-electron chi connectivity index (χ4n) is 3.09. The van der Waals surface area contributed by atoms with E-state index >= 15 is 0 Å². The van der Waals surface area contributed by atoms with Crippen LogP contribution in [0.3, 0.4) is 0 Å². The first-order valence-electron chi connectivity index (χ1n) is 9.20. The van der Waals surface area contributed by atoms with E-state index in [-0.39, 0.29) is 5.91 Å². The Labute approximate surface area is 164 Å². The molecule has 3 rings (SSSR count). The van der Waals surface area contributed by atoms with E-state index < -0.39 is 6.10 Å². The Morgan fingerprint density at radius 1 is 1.37 bits per heavy atom. The van der Waals surface area contributed by atoms with Gasteiger partial charge in [0.2, 0.25) is 0 Å². The van der Waals surface area contributed by atoms with Crippen molar-refractivity contribution in [1.82, 2.24) is 9.88 Å². The van der Waals surface area contributed by atoms with E-state index in [1.54, 1.807) is 25.4 Å². The van der Waals surface area contributed by atoms with Crippen molar-refractivity contribution in [3.63, 3.8) is 0 Å². The van der Waals surface area contributed by atoms with Gasteiger partial charge in [-0.2, -0.15) is 0 Å². The highest BCUT2D eigenvalue weighted by molar-refractivity contribution is 7.09. The Kier molecular flexibility index (Phi) is 6.46. The fraction of sp³-hybridized carbons (Fsp3) is 0.500. The van der Waals surface area contributed by atoms with Gasteiger partial charge in [-0.3, -0.25) is 4.79 Å². The SMILES string of the molecule is COCCc1nc(-c2ccc3c(c2)N(CCCN(C)C)C(=O)C(C)O3)cs1. The van der Waals surface area contributed by atoms with Gasteiger partial charge in [0.1, 0.15) is 5.75 Å². The smallest absolute Gasteiger partial charge is 0.267 e. The molecule has 7 heteroatoms. The summed E-state index contributed by atoms with van der Waals surface area (Å²) in [6, 6.07) is 5.97. The predicted molar refractivity (Wildman–Crippen MR) is 109 cm³/mol. The van der Waals surface area contributed by atoms with Crippen molar-refractivity contribution >= 4 is 22.9 Å². The molecule has 2 heterocycles. The molecular formula is C20H27N3O3S. The van der Waals surface area contributed by atoms with Gasteiger partial charge in [-0.25, -0.2) is 4.98 Å². The van der Waals surface area contributed by atoms with Crippen LogP contribution in [0.2, 0.25) is 0 Å². The molecule has 0 N–H and O–H groups in total. The Morgan fingerprint density at radius 3 is 2.93 bits per heavy atom. The molecule has 2 aromatic rings. The molecule has 0 radical (unpaired) electrons. The summed E-state index contributed by atoms with van der Waals surface area (Å²) in [4.78, 5) is 21.4. The van der Waals surface area contributed by atoms with Crippen LogP contribution in [0.4, 0.5) is 5.69 Å². The van der Waals surface area contributed by atoms with Gasteiger partial charge in [0.05, 0.1) is 23.0 Å². The van der Waals surface area contributed by atoms with Crippen molar-refractivity contribution in [2.24, 2.45) is 0 Å². The first kappa shape index (κ1) is 19.8. The van der Waals surface area contributed by atoms with Crippen LogP contribution >= 0.6 is 11.3 Å². The standard InChI is InChI=1S/C20H27N3O3S/c1-14-20(24)23(10-5-9-22(2)3)17-12-15(6-7-18(17)26-14)16-13-27-19(21-16)8-11-25-4/h6-7,12-14H,5,8-11H2,1-4H3. The van der Waals surface area contributed by atoms with Crippen LogP contribution in [0, 0.1) is 0 Å². The van der Waals surface area contributed by atoms with Crippen molar-refractivity contribution in [3.05, 3.63) is 28.6 Å². The van der Waals surface area contributed by atoms with Crippen LogP contribution in [0.15, 0.2) is 23.6 Å². The van der Waals surface area contributed by atoms with Crippen LogP contribution < -0.4 is 9.64 Å². The number of thiazole rings is 1. The molecule has 146 valence electrons. The van der Waals surface area contributed by atoms with Gasteiger partial charge in [0.15, 0.2) is 6.10 Å².